The van der Waals surface area contributed by atoms with E-state index in [9.17, 15) is 14.0 Å². The minimum atomic E-state index is -0.472. The molecule has 0 saturated heterocycles. The Morgan fingerprint density at radius 1 is 1.26 bits per heavy atom. The van der Waals surface area contributed by atoms with Gasteiger partial charge in [-0.3, -0.25) is 9.59 Å². The molecule has 1 aromatic carbocycles. The summed E-state index contributed by atoms with van der Waals surface area (Å²) in [6, 6.07) is 5.33. The first kappa shape index (κ1) is 14.9. The minimum absolute atomic E-state index is 0.126. The van der Waals surface area contributed by atoms with Crippen molar-refractivity contribution >= 4 is 11.9 Å². The Morgan fingerprint density at radius 3 is 2.47 bits per heavy atom. The van der Waals surface area contributed by atoms with Crippen molar-refractivity contribution in [1.29, 1.82) is 0 Å². The van der Waals surface area contributed by atoms with Gasteiger partial charge in [-0.2, -0.15) is 0 Å². The molecular formula is C13H16FNO4. The van der Waals surface area contributed by atoms with Crippen molar-refractivity contribution in [1.82, 2.24) is 4.90 Å². The van der Waals surface area contributed by atoms with E-state index in [2.05, 4.69) is 0 Å². The Hall–Kier alpha value is -2.11. The van der Waals surface area contributed by atoms with Gasteiger partial charge in [0.05, 0.1) is 6.61 Å². The third-order valence-corrected chi connectivity index (χ3v) is 2.27. The first-order valence-corrected chi connectivity index (χ1v) is 5.81. The number of hydrogen-bond acceptors (Lipinski definition) is 4. The normalized spacial score (nSPS) is 9.84. The maximum absolute atomic E-state index is 12.6. The molecule has 0 bridgehead atoms. The molecule has 104 valence electrons. The largest absolute Gasteiger partial charge is 0.484 e. The van der Waals surface area contributed by atoms with E-state index in [1.165, 1.54) is 36.2 Å². The molecule has 0 spiro atoms. The Bertz CT molecular complexity index is 433. The molecule has 0 aromatic heterocycles. The lowest BCUT2D eigenvalue weighted by Gasteiger charge is -2.16. The number of carbonyl (C=O) groups is 2. The molecule has 0 saturated carbocycles. The fourth-order valence-corrected chi connectivity index (χ4v) is 1.27. The van der Waals surface area contributed by atoms with Gasteiger partial charge in [-0.15, -0.1) is 0 Å². The second-order valence-corrected chi connectivity index (χ2v) is 3.80. The zero-order valence-corrected chi connectivity index (χ0v) is 10.9. The molecule has 1 rings (SSSR count). The number of ether oxygens (including phenoxy) is 2. The van der Waals surface area contributed by atoms with Crippen molar-refractivity contribution in [3.63, 3.8) is 0 Å². The SMILES string of the molecule is CCOC(=O)CN(C)C(=O)COc1ccc(F)cc1. The predicted octanol–water partition coefficient (Wildman–Crippen LogP) is 1.23. The third kappa shape index (κ3) is 5.37. The number of rotatable bonds is 6. The second-order valence-electron chi connectivity index (χ2n) is 3.80. The topological polar surface area (TPSA) is 55.8 Å². The van der Waals surface area contributed by atoms with Crippen LogP contribution >= 0.6 is 0 Å². The number of nitrogens with zero attached hydrogens (tertiary/aromatic N) is 1. The maximum atomic E-state index is 12.6. The second kappa shape index (κ2) is 7.35. The fraction of sp³-hybridized carbons (Fsp3) is 0.385. The summed E-state index contributed by atoms with van der Waals surface area (Å²) < 4.78 is 22.5. The van der Waals surface area contributed by atoms with E-state index in [1.807, 2.05) is 0 Å². The van der Waals surface area contributed by atoms with E-state index in [0.717, 1.165) is 0 Å². The first-order chi connectivity index (χ1) is 9.02. The number of likely N-dealkylation sites (N-methyl/N-ethyl adjacent to an activating group) is 1. The van der Waals surface area contributed by atoms with Crippen LogP contribution in [0.1, 0.15) is 6.92 Å². The van der Waals surface area contributed by atoms with Gasteiger partial charge in [0.2, 0.25) is 0 Å². The summed E-state index contributed by atoms with van der Waals surface area (Å²) >= 11 is 0. The van der Waals surface area contributed by atoms with Gasteiger partial charge in [-0.1, -0.05) is 0 Å². The van der Waals surface area contributed by atoms with Gasteiger partial charge in [-0.25, -0.2) is 4.39 Å². The van der Waals surface area contributed by atoms with Crippen LogP contribution < -0.4 is 4.74 Å². The highest BCUT2D eigenvalue weighted by molar-refractivity contribution is 5.82. The zero-order chi connectivity index (χ0) is 14.3. The number of hydrogen-bond donors (Lipinski definition) is 0. The third-order valence-electron chi connectivity index (χ3n) is 2.27. The maximum Gasteiger partial charge on any atom is 0.325 e. The molecule has 0 aliphatic rings. The van der Waals surface area contributed by atoms with Gasteiger partial charge in [0, 0.05) is 7.05 Å². The Balaban J connectivity index is 2.38. The van der Waals surface area contributed by atoms with Crippen LogP contribution in [0.15, 0.2) is 24.3 Å². The van der Waals surface area contributed by atoms with Gasteiger partial charge in [0.25, 0.3) is 5.91 Å². The number of amides is 1. The van der Waals surface area contributed by atoms with Gasteiger partial charge in [0.1, 0.15) is 18.1 Å². The van der Waals surface area contributed by atoms with Gasteiger partial charge in [0.15, 0.2) is 6.61 Å². The average molecular weight is 269 g/mol. The molecule has 1 amide bonds. The molecule has 6 heteroatoms. The summed E-state index contributed by atoms with van der Waals surface area (Å²) in [6.45, 7) is 1.62. The highest BCUT2D eigenvalue weighted by Gasteiger charge is 2.14. The van der Waals surface area contributed by atoms with Crippen LogP contribution in [-0.4, -0.2) is 43.6 Å². The van der Waals surface area contributed by atoms with E-state index in [0.29, 0.717) is 5.75 Å². The predicted molar refractivity (Wildman–Crippen MR) is 66.2 cm³/mol. The smallest absolute Gasteiger partial charge is 0.325 e. The van der Waals surface area contributed by atoms with Crippen molar-refractivity contribution in [3.05, 3.63) is 30.1 Å². The summed E-state index contributed by atoms with van der Waals surface area (Å²) in [4.78, 5) is 24.0. The standard InChI is InChI=1S/C13H16FNO4/c1-3-18-13(17)8-15(2)12(16)9-19-11-6-4-10(14)5-7-11/h4-7H,3,8-9H2,1-2H3. The molecule has 19 heavy (non-hydrogen) atoms. The molecule has 0 aliphatic carbocycles. The minimum Gasteiger partial charge on any atom is -0.484 e. The average Bonchev–Trinajstić information content (AvgIpc) is 2.37. The molecule has 0 aliphatic heterocycles. The Labute approximate surface area is 110 Å². The van der Waals surface area contributed by atoms with Crippen molar-refractivity contribution in [2.24, 2.45) is 0 Å². The van der Waals surface area contributed by atoms with Gasteiger partial charge < -0.3 is 14.4 Å². The summed E-state index contributed by atoms with van der Waals surface area (Å²) in [5.41, 5.74) is 0. The highest BCUT2D eigenvalue weighted by Crippen LogP contribution is 2.10. The molecular weight excluding hydrogens is 253 g/mol. The summed E-state index contributed by atoms with van der Waals surface area (Å²) in [5.74, 6) is -0.824. The van der Waals surface area contributed by atoms with Crippen molar-refractivity contribution in [2.75, 3.05) is 26.8 Å². The molecule has 0 N–H and O–H groups in total. The van der Waals surface area contributed by atoms with E-state index in [1.54, 1.807) is 6.92 Å². The number of esters is 1. The lowest BCUT2D eigenvalue weighted by molar-refractivity contribution is -0.148. The van der Waals surface area contributed by atoms with Crippen LogP contribution in [0.25, 0.3) is 0 Å². The van der Waals surface area contributed by atoms with E-state index in [4.69, 9.17) is 9.47 Å². The number of benzene rings is 1. The van der Waals surface area contributed by atoms with Crippen LogP contribution in [-0.2, 0) is 14.3 Å². The summed E-state index contributed by atoms with van der Waals surface area (Å²) in [7, 11) is 1.48. The zero-order valence-electron chi connectivity index (χ0n) is 10.9. The monoisotopic (exact) mass is 269 g/mol. The summed E-state index contributed by atoms with van der Waals surface area (Å²) in [6.07, 6.45) is 0. The molecule has 0 atom stereocenters. The molecule has 5 nitrogen and oxygen atoms in total. The molecule has 0 heterocycles. The van der Waals surface area contributed by atoms with E-state index in [-0.39, 0.29) is 31.5 Å². The molecule has 0 fully saturated rings. The van der Waals surface area contributed by atoms with E-state index >= 15 is 0 Å². The van der Waals surface area contributed by atoms with Crippen LogP contribution in [0.2, 0.25) is 0 Å². The van der Waals surface area contributed by atoms with Crippen molar-refractivity contribution in [2.45, 2.75) is 6.92 Å². The number of halogens is 1. The molecule has 0 radical (unpaired) electrons. The molecule has 1 aromatic rings. The van der Waals surface area contributed by atoms with Crippen LogP contribution in [0.3, 0.4) is 0 Å². The Morgan fingerprint density at radius 2 is 1.89 bits per heavy atom. The molecule has 0 unspecified atom stereocenters. The van der Waals surface area contributed by atoms with Crippen LogP contribution in [0, 0.1) is 5.82 Å². The fourth-order valence-electron chi connectivity index (χ4n) is 1.27. The van der Waals surface area contributed by atoms with Crippen LogP contribution in [0.4, 0.5) is 4.39 Å². The quantitative estimate of drug-likeness (QED) is 0.729. The van der Waals surface area contributed by atoms with Crippen LogP contribution in [0.5, 0.6) is 5.75 Å². The van der Waals surface area contributed by atoms with Crippen molar-refractivity contribution < 1.29 is 23.5 Å². The first-order valence-electron chi connectivity index (χ1n) is 5.81. The summed E-state index contributed by atoms with van der Waals surface area (Å²) in [5, 5.41) is 0. The van der Waals surface area contributed by atoms with Crippen molar-refractivity contribution in [3.8, 4) is 5.75 Å². The lowest BCUT2D eigenvalue weighted by Crippen LogP contribution is -2.36. The van der Waals surface area contributed by atoms with E-state index < -0.39 is 5.97 Å². The van der Waals surface area contributed by atoms with Gasteiger partial charge in [-0.05, 0) is 31.2 Å². The Kier molecular flexibility index (Phi) is 5.78. The van der Waals surface area contributed by atoms with Gasteiger partial charge >= 0.3 is 5.97 Å². The number of carbonyl (C=O) groups excluding carboxylic acids is 2. The lowest BCUT2D eigenvalue weighted by atomic mass is 10.3. The highest BCUT2D eigenvalue weighted by atomic mass is 19.1.